The molecule has 0 aromatic heterocycles. The highest BCUT2D eigenvalue weighted by molar-refractivity contribution is 5.68. The van der Waals surface area contributed by atoms with Crippen LogP contribution >= 0.6 is 0 Å². The van der Waals surface area contributed by atoms with Gasteiger partial charge in [0, 0.05) is 25.6 Å². The predicted molar refractivity (Wildman–Crippen MR) is 64.1 cm³/mol. The van der Waals surface area contributed by atoms with Gasteiger partial charge in [-0.3, -0.25) is 0 Å². The number of amides is 1. The van der Waals surface area contributed by atoms with Crippen LogP contribution in [0.2, 0.25) is 0 Å². The summed E-state index contributed by atoms with van der Waals surface area (Å²) in [6, 6.07) is 2.01. The molecule has 0 unspecified atom stereocenters. The molecule has 1 amide bonds. The van der Waals surface area contributed by atoms with E-state index >= 15 is 0 Å². The molecule has 2 atom stereocenters. The van der Waals surface area contributed by atoms with Gasteiger partial charge >= 0.3 is 6.09 Å². The van der Waals surface area contributed by atoms with Crippen LogP contribution in [0, 0.1) is 17.2 Å². The van der Waals surface area contributed by atoms with Crippen molar-refractivity contribution in [2.45, 2.75) is 45.3 Å². The zero-order chi connectivity index (χ0) is 13.1. The lowest BCUT2D eigenvalue weighted by Crippen LogP contribution is -2.51. The molecule has 0 saturated carbocycles. The normalized spacial score (nSPS) is 25.2. The lowest BCUT2D eigenvalue weighted by atomic mass is 9.90. The third-order valence-corrected chi connectivity index (χ3v) is 2.81. The standard InChI is InChI=1S/C12H21N3O2/c1-12(2,3)17-11(16)15-7-5-9(4-6-13)10(14)8-15/h9-10H,4-5,7-8,14H2,1-3H3/t9-,10-/m0/s1. The fourth-order valence-corrected chi connectivity index (χ4v) is 1.89. The summed E-state index contributed by atoms with van der Waals surface area (Å²) in [5, 5.41) is 8.65. The van der Waals surface area contributed by atoms with Crippen molar-refractivity contribution in [1.82, 2.24) is 4.90 Å². The summed E-state index contributed by atoms with van der Waals surface area (Å²) in [6.07, 6.45) is 0.917. The Labute approximate surface area is 103 Å². The molecular formula is C12H21N3O2. The minimum absolute atomic E-state index is 0.129. The Morgan fingerprint density at radius 3 is 2.71 bits per heavy atom. The van der Waals surface area contributed by atoms with Crippen LogP contribution in [0.15, 0.2) is 0 Å². The molecular weight excluding hydrogens is 218 g/mol. The molecule has 1 rings (SSSR count). The summed E-state index contributed by atoms with van der Waals surface area (Å²) in [7, 11) is 0. The first-order chi connectivity index (χ1) is 7.83. The van der Waals surface area contributed by atoms with Crippen LogP contribution in [0.3, 0.4) is 0 Å². The number of hydrogen-bond acceptors (Lipinski definition) is 4. The highest BCUT2D eigenvalue weighted by Crippen LogP contribution is 2.21. The molecule has 5 nitrogen and oxygen atoms in total. The minimum Gasteiger partial charge on any atom is -0.444 e. The Morgan fingerprint density at radius 2 is 2.24 bits per heavy atom. The summed E-state index contributed by atoms with van der Waals surface area (Å²) in [5.74, 6) is 0.193. The second-order valence-electron chi connectivity index (χ2n) is 5.50. The summed E-state index contributed by atoms with van der Waals surface area (Å²) < 4.78 is 5.29. The van der Waals surface area contributed by atoms with Crippen molar-refractivity contribution in [3.8, 4) is 6.07 Å². The predicted octanol–water partition coefficient (Wildman–Crippen LogP) is 1.48. The van der Waals surface area contributed by atoms with E-state index in [9.17, 15) is 4.79 Å². The van der Waals surface area contributed by atoms with E-state index in [0.29, 0.717) is 19.5 Å². The lowest BCUT2D eigenvalue weighted by Gasteiger charge is -2.36. The van der Waals surface area contributed by atoms with Crippen LogP contribution in [0.1, 0.15) is 33.6 Å². The number of hydrogen-bond donors (Lipinski definition) is 1. The van der Waals surface area contributed by atoms with Crippen LogP contribution in [-0.2, 0) is 4.74 Å². The molecule has 0 spiro atoms. The van der Waals surface area contributed by atoms with Crippen LogP contribution < -0.4 is 5.73 Å². The molecule has 2 N–H and O–H groups in total. The largest absolute Gasteiger partial charge is 0.444 e. The third kappa shape index (κ3) is 4.23. The van der Waals surface area contributed by atoms with Crippen molar-refractivity contribution in [3.05, 3.63) is 0 Å². The van der Waals surface area contributed by atoms with E-state index in [4.69, 9.17) is 15.7 Å². The zero-order valence-corrected chi connectivity index (χ0v) is 10.8. The molecule has 96 valence electrons. The molecule has 0 aliphatic carbocycles. The van der Waals surface area contributed by atoms with E-state index in [1.54, 1.807) is 4.90 Å². The quantitative estimate of drug-likeness (QED) is 0.751. The van der Waals surface area contributed by atoms with E-state index < -0.39 is 5.60 Å². The van der Waals surface area contributed by atoms with Crippen LogP contribution in [0.25, 0.3) is 0 Å². The van der Waals surface area contributed by atoms with E-state index in [1.165, 1.54) is 0 Å². The highest BCUT2D eigenvalue weighted by Gasteiger charge is 2.31. The Kier molecular flexibility index (Phi) is 4.35. The van der Waals surface area contributed by atoms with Crippen molar-refractivity contribution < 1.29 is 9.53 Å². The van der Waals surface area contributed by atoms with Crippen LogP contribution in [-0.4, -0.2) is 35.7 Å². The average Bonchev–Trinajstić information content (AvgIpc) is 2.18. The molecule has 1 saturated heterocycles. The summed E-state index contributed by atoms with van der Waals surface area (Å²) >= 11 is 0. The molecule has 17 heavy (non-hydrogen) atoms. The van der Waals surface area contributed by atoms with Gasteiger partial charge in [0.05, 0.1) is 6.07 Å². The number of ether oxygens (including phenoxy) is 1. The molecule has 1 heterocycles. The van der Waals surface area contributed by atoms with Crippen molar-refractivity contribution in [2.75, 3.05) is 13.1 Å². The fourth-order valence-electron chi connectivity index (χ4n) is 1.89. The second kappa shape index (κ2) is 5.37. The Bertz CT molecular complexity index is 317. The summed E-state index contributed by atoms with van der Waals surface area (Å²) in [6.45, 7) is 6.62. The van der Waals surface area contributed by atoms with Crippen LogP contribution in [0.4, 0.5) is 4.79 Å². The van der Waals surface area contributed by atoms with Crippen LogP contribution in [0.5, 0.6) is 0 Å². The molecule has 0 aromatic carbocycles. The van der Waals surface area contributed by atoms with Crippen molar-refractivity contribution in [2.24, 2.45) is 11.7 Å². The second-order valence-corrected chi connectivity index (χ2v) is 5.50. The number of carbonyl (C=O) groups excluding carboxylic acids is 1. The van der Waals surface area contributed by atoms with E-state index in [1.807, 2.05) is 20.8 Å². The molecule has 0 bridgehead atoms. The Balaban J connectivity index is 2.50. The number of nitrogens with zero attached hydrogens (tertiary/aromatic N) is 2. The molecule has 0 radical (unpaired) electrons. The van der Waals surface area contributed by atoms with Gasteiger partial charge in [0.2, 0.25) is 0 Å². The number of nitrogens with two attached hydrogens (primary N) is 1. The Hall–Kier alpha value is -1.28. The molecule has 5 heteroatoms. The minimum atomic E-state index is -0.481. The number of rotatable bonds is 1. The van der Waals surface area contributed by atoms with Gasteiger partial charge in [0.1, 0.15) is 5.60 Å². The summed E-state index contributed by atoms with van der Waals surface area (Å²) in [4.78, 5) is 13.4. The van der Waals surface area contributed by atoms with Crippen molar-refractivity contribution in [3.63, 3.8) is 0 Å². The van der Waals surface area contributed by atoms with Gasteiger partial charge in [-0.25, -0.2) is 4.79 Å². The van der Waals surface area contributed by atoms with Gasteiger partial charge in [0.25, 0.3) is 0 Å². The lowest BCUT2D eigenvalue weighted by molar-refractivity contribution is 0.0162. The number of carbonyl (C=O) groups is 1. The van der Waals surface area contributed by atoms with Gasteiger partial charge in [-0.15, -0.1) is 0 Å². The van der Waals surface area contributed by atoms with Gasteiger partial charge in [-0.05, 0) is 33.1 Å². The number of nitriles is 1. The molecule has 0 aromatic rings. The first-order valence-electron chi connectivity index (χ1n) is 5.94. The van der Waals surface area contributed by atoms with Gasteiger partial charge < -0.3 is 15.4 Å². The maximum absolute atomic E-state index is 11.8. The smallest absolute Gasteiger partial charge is 0.410 e. The topological polar surface area (TPSA) is 79.3 Å². The third-order valence-electron chi connectivity index (χ3n) is 2.81. The molecule has 1 aliphatic rings. The summed E-state index contributed by atoms with van der Waals surface area (Å²) in [5.41, 5.74) is 5.47. The monoisotopic (exact) mass is 239 g/mol. The Morgan fingerprint density at radius 1 is 1.59 bits per heavy atom. The average molecular weight is 239 g/mol. The SMILES string of the molecule is CC(C)(C)OC(=O)N1CC[C@H](CC#N)[C@@H](N)C1. The van der Waals surface area contributed by atoms with E-state index in [2.05, 4.69) is 6.07 Å². The highest BCUT2D eigenvalue weighted by atomic mass is 16.6. The first kappa shape index (κ1) is 13.8. The maximum atomic E-state index is 11.8. The first-order valence-corrected chi connectivity index (χ1v) is 5.94. The number of piperidine rings is 1. The van der Waals surface area contributed by atoms with Crippen molar-refractivity contribution >= 4 is 6.09 Å². The van der Waals surface area contributed by atoms with Gasteiger partial charge in [-0.2, -0.15) is 5.26 Å². The van der Waals surface area contributed by atoms with E-state index in [-0.39, 0.29) is 18.1 Å². The molecule has 1 fully saturated rings. The molecule has 1 aliphatic heterocycles. The van der Waals surface area contributed by atoms with E-state index in [0.717, 1.165) is 6.42 Å². The number of likely N-dealkylation sites (tertiary alicyclic amines) is 1. The van der Waals surface area contributed by atoms with Crippen molar-refractivity contribution in [1.29, 1.82) is 5.26 Å². The maximum Gasteiger partial charge on any atom is 0.410 e. The fraction of sp³-hybridized carbons (Fsp3) is 0.833. The zero-order valence-electron chi connectivity index (χ0n) is 10.8. The van der Waals surface area contributed by atoms with Gasteiger partial charge in [0.15, 0.2) is 0 Å². The van der Waals surface area contributed by atoms with Gasteiger partial charge in [-0.1, -0.05) is 0 Å².